The predicted octanol–water partition coefficient (Wildman–Crippen LogP) is 3.42. The Morgan fingerprint density at radius 3 is 2.46 bits per heavy atom. The van der Waals surface area contributed by atoms with Crippen LogP contribution in [-0.4, -0.2) is 6.04 Å². The first kappa shape index (κ1) is 20.0. The smallest absolute Gasteiger partial charge is 0.416 e. The monoisotopic (exact) mass is 398 g/mol. The summed E-state index contributed by atoms with van der Waals surface area (Å²) in [5.74, 6) is -1.40. The molecule has 0 aromatic heterocycles. The molecule has 1 heterocycles. The fourth-order valence-corrected chi connectivity index (χ4v) is 2.96. The number of hydrogen-bond donors (Lipinski definition) is 3. The molecule has 0 saturated carbocycles. The van der Waals surface area contributed by atoms with Crippen molar-refractivity contribution >= 4 is 0 Å². The summed E-state index contributed by atoms with van der Waals surface area (Å²) in [7, 11) is 0. The van der Waals surface area contributed by atoms with E-state index in [9.17, 15) is 27.2 Å². The highest BCUT2D eigenvalue weighted by molar-refractivity contribution is 5.45. The lowest BCUT2D eigenvalue weighted by atomic mass is 9.98. The van der Waals surface area contributed by atoms with Crippen LogP contribution in [0.5, 0.6) is 5.75 Å². The molecule has 148 valence electrons. The van der Waals surface area contributed by atoms with E-state index < -0.39 is 35.5 Å². The minimum absolute atomic E-state index is 0.0329. The number of nitriles is 1. The molecule has 1 saturated heterocycles. The molecule has 0 radical (unpaired) electrons. The Morgan fingerprint density at radius 2 is 1.79 bits per heavy atom. The quantitative estimate of drug-likeness (QED) is 0.689. The van der Waals surface area contributed by atoms with Crippen LogP contribution in [0.25, 0.3) is 0 Å². The molecule has 0 aliphatic carbocycles. The molecule has 5 nitrogen and oxygen atoms in total. The molecule has 10 heteroatoms. The maximum atomic E-state index is 13.9. The fraction of sp³-hybridized carbons (Fsp3) is 0.278. The lowest BCUT2D eigenvalue weighted by Gasteiger charge is -2.20. The molecule has 2 unspecified atom stereocenters. The standard InChI is InChI=1S/C18H15F5N4O/c1-9-2-12(19)6-14(16-15(7-24)25-27-26-16)17(9)28-8-10-3-11(18(21,22)23)5-13(20)4-10/h2-6,15-16,25-27H,8H2,1H3. The molecule has 1 fully saturated rings. The third-order valence-electron chi connectivity index (χ3n) is 4.20. The van der Waals surface area contributed by atoms with E-state index in [1.165, 1.54) is 12.1 Å². The van der Waals surface area contributed by atoms with Gasteiger partial charge in [0.25, 0.3) is 0 Å². The van der Waals surface area contributed by atoms with Crippen LogP contribution in [0.2, 0.25) is 0 Å². The second kappa shape index (κ2) is 7.71. The highest BCUT2D eigenvalue weighted by atomic mass is 19.4. The lowest BCUT2D eigenvalue weighted by molar-refractivity contribution is -0.137. The largest absolute Gasteiger partial charge is 0.488 e. The van der Waals surface area contributed by atoms with E-state index >= 15 is 0 Å². The van der Waals surface area contributed by atoms with Crippen molar-refractivity contribution in [1.82, 2.24) is 16.4 Å². The average molecular weight is 398 g/mol. The zero-order valence-corrected chi connectivity index (χ0v) is 14.5. The maximum absolute atomic E-state index is 13.9. The number of nitrogens with one attached hydrogen (secondary N) is 3. The minimum Gasteiger partial charge on any atom is -0.488 e. The van der Waals surface area contributed by atoms with E-state index in [4.69, 9.17) is 4.74 Å². The van der Waals surface area contributed by atoms with Crippen molar-refractivity contribution in [1.29, 1.82) is 5.26 Å². The van der Waals surface area contributed by atoms with E-state index in [-0.39, 0.29) is 17.9 Å². The van der Waals surface area contributed by atoms with Gasteiger partial charge < -0.3 is 4.74 Å². The average Bonchev–Trinajstić information content (AvgIpc) is 3.07. The van der Waals surface area contributed by atoms with Crippen molar-refractivity contribution in [3.05, 3.63) is 64.2 Å². The number of alkyl halides is 3. The molecule has 0 bridgehead atoms. The number of rotatable bonds is 4. The van der Waals surface area contributed by atoms with E-state index in [2.05, 4.69) is 16.4 Å². The van der Waals surface area contributed by atoms with Crippen molar-refractivity contribution in [3.8, 4) is 11.8 Å². The first-order valence-corrected chi connectivity index (χ1v) is 8.14. The molecule has 28 heavy (non-hydrogen) atoms. The number of ether oxygens (including phenoxy) is 1. The first-order chi connectivity index (χ1) is 13.2. The van der Waals surface area contributed by atoms with Crippen LogP contribution in [0.4, 0.5) is 22.0 Å². The molecule has 3 N–H and O–H groups in total. The van der Waals surface area contributed by atoms with Gasteiger partial charge in [-0.2, -0.15) is 24.0 Å². The number of nitrogens with zero attached hydrogens (tertiary/aromatic N) is 1. The van der Waals surface area contributed by atoms with Crippen LogP contribution >= 0.6 is 0 Å². The predicted molar refractivity (Wildman–Crippen MR) is 88.4 cm³/mol. The molecule has 3 rings (SSSR count). The highest BCUT2D eigenvalue weighted by Gasteiger charge is 2.33. The molecule has 2 aromatic rings. The van der Waals surface area contributed by atoms with Crippen LogP contribution in [0, 0.1) is 29.9 Å². The Kier molecular flexibility index (Phi) is 5.51. The summed E-state index contributed by atoms with van der Waals surface area (Å²) in [6, 6.07) is 5.07. The second-order valence-electron chi connectivity index (χ2n) is 6.27. The summed E-state index contributed by atoms with van der Waals surface area (Å²) in [6.45, 7) is 1.19. The van der Waals surface area contributed by atoms with Crippen molar-refractivity contribution < 1.29 is 26.7 Å². The maximum Gasteiger partial charge on any atom is 0.416 e. The van der Waals surface area contributed by atoms with Gasteiger partial charge in [0.05, 0.1) is 17.7 Å². The number of hydrogen-bond acceptors (Lipinski definition) is 5. The fourth-order valence-electron chi connectivity index (χ4n) is 2.96. The van der Waals surface area contributed by atoms with Gasteiger partial charge in [-0.1, -0.05) is 0 Å². The second-order valence-corrected chi connectivity index (χ2v) is 6.27. The number of halogens is 5. The summed E-state index contributed by atoms with van der Waals surface area (Å²) in [5, 5.41) is 9.20. The molecule has 2 atom stereocenters. The van der Waals surface area contributed by atoms with Crippen molar-refractivity contribution in [3.63, 3.8) is 0 Å². The Labute approximate surface area is 157 Å². The molecule has 1 aliphatic heterocycles. The zero-order valence-electron chi connectivity index (χ0n) is 14.5. The van der Waals surface area contributed by atoms with Crippen LogP contribution in [0.1, 0.15) is 28.3 Å². The Hall–Kier alpha value is -2.74. The third kappa shape index (κ3) is 4.22. The summed E-state index contributed by atoms with van der Waals surface area (Å²) in [5.41, 5.74) is 7.51. The molecular formula is C18H15F5N4O. The topological polar surface area (TPSA) is 69.1 Å². The van der Waals surface area contributed by atoms with Crippen molar-refractivity contribution in [2.45, 2.75) is 31.8 Å². The molecule has 2 aromatic carbocycles. The van der Waals surface area contributed by atoms with Crippen LogP contribution in [0.3, 0.4) is 0 Å². The van der Waals surface area contributed by atoms with E-state index in [1.807, 2.05) is 6.07 Å². The van der Waals surface area contributed by atoms with Gasteiger partial charge in [0.1, 0.15) is 30.0 Å². The van der Waals surface area contributed by atoms with Crippen LogP contribution in [-0.2, 0) is 12.8 Å². The van der Waals surface area contributed by atoms with Gasteiger partial charge in [-0.05, 0) is 48.4 Å². The summed E-state index contributed by atoms with van der Waals surface area (Å²) < 4.78 is 71.7. The van der Waals surface area contributed by atoms with Crippen molar-refractivity contribution in [2.24, 2.45) is 0 Å². The van der Waals surface area contributed by atoms with E-state index in [0.29, 0.717) is 17.2 Å². The number of aryl methyl sites for hydroxylation is 1. The van der Waals surface area contributed by atoms with Gasteiger partial charge in [-0.25, -0.2) is 19.6 Å². The third-order valence-corrected chi connectivity index (χ3v) is 4.20. The Balaban J connectivity index is 1.91. The van der Waals surface area contributed by atoms with Crippen molar-refractivity contribution in [2.75, 3.05) is 0 Å². The molecular weight excluding hydrogens is 383 g/mol. The van der Waals surface area contributed by atoms with Crippen LogP contribution < -0.4 is 21.1 Å². The van der Waals surface area contributed by atoms with Gasteiger partial charge in [0, 0.05) is 5.56 Å². The summed E-state index contributed by atoms with van der Waals surface area (Å²) >= 11 is 0. The molecule has 0 amide bonds. The van der Waals surface area contributed by atoms with Crippen LogP contribution in [0.15, 0.2) is 30.3 Å². The SMILES string of the molecule is Cc1cc(F)cc(C2NNNC2C#N)c1OCc1cc(F)cc(C(F)(F)F)c1. The van der Waals surface area contributed by atoms with Gasteiger partial charge in [0.15, 0.2) is 0 Å². The number of benzene rings is 2. The van der Waals surface area contributed by atoms with Gasteiger partial charge in [-0.3, -0.25) is 0 Å². The number of hydrazine groups is 2. The normalized spacial score (nSPS) is 19.5. The lowest BCUT2D eigenvalue weighted by Crippen LogP contribution is -2.32. The van der Waals surface area contributed by atoms with Gasteiger partial charge in [0.2, 0.25) is 0 Å². The Bertz CT molecular complexity index is 925. The Morgan fingerprint density at radius 1 is 1.07 bits per heavy atom. The van der Waals surface area contributed by atoms with E-state index in [1.54, 1.807) is 6.92 Å². The van der Waals surface area contributed by atoms with E-state index in [0.717, 1.165) is 12.1 Å². The molecule has 0 spiro atoms. The highest BCUT2D eigenvalue weighted by Crippen LogP contribution is 2.34. The molecule has 1 aliphatic rings. The summed E-state index contributed by atoms with van der Waals surface area (Å²) in [4.78, 5) is 0. The van der Waals surface area contributed by atoms with Gasteiger partial charge >= 0.3 is 6.18 Å². The minimum atomic E-state index is -4.70. The zero-order chi connectivity index (χ0) is 20.5. The first-order valence-electron chi connectivity index (χ1n) is 8.14. The van der Waals surface area contributed by atoms with Gasteiger partial charge in [-0.15, -0.1) is 0 Å². The summed E-state index contributed by atoms with van der Waals surface area (Å²) in [6.07, 6.45) is -4.70.